The summed E-state index contributed by atoms with van der Waals surface area (Å²) in [5.41, 5.74) is 6.04. The zero-order valence-corrected chi connectivity index (χ0v) is 12.9. The highest BCUT2D eigenvalue weighted by atomic mass is 16.5. The Bertz CT molecular complexity index is 388. The molecule has 1 amide bonds. The Hall–Kier alpha value is -0.610. The fraction of sp³-hybridized carbons (Fsp3) is 0.941. The van der Waals surface area contributed by atoms with E-state index in [2.05, 4.69) is 0 Å². The molecule has 4 saturated carbocycles. The Morgan fingerprint density at radius 2 is 1.76 bits per heavy atom. The first-order chi connectivity index (χ1) is 10.2. The topological polar surface area (TPSA) is 55.6 Å². The number of ether oxygens (including phenoxy) is 1. The molecule has 4 heteroatoms. The number of morpholine rings is 1. The van der Waals surface area contributed by atoms with Crippen molar-refractivity contribution in [3.05, 3.63) is 0 Å². The highest BCUT2D eigenvalue weighted by Crippen LogP contribution is 2.61. The molecule has 5 fully saturated rings. The van der Waals surface area contributed by atoms with Crippen molar-refractivity contribution < 1.29 is 9.53 Å². The lowest BCUT2D eigenvalue weighted by molar-refractivity contribution is -0.146. The molecule has 0 aromatic rings. The molecule has 4 aliphatic carbocycles. The minimum atomic E-state index is 0.0408. The maximum atomic E-state index is 12.8. The van der Waals surface area contributed by atoms with Crippen molar-refractivity contribution in [2.75, 3.05) is 26.2 Å². The summed E-state index contributed by atoms with van der Waals surface area (Å²) in [6.07, 6.45) is 9.10. The molecule has 4 bridgehead atoms. The summed E-state index contributed by atoms with van der Waals surface area (Å²) in [5.74, 6) is 3.13. The first kappa shape index (κ1) is 14.0. The van der Waals surface area contributed by atoms with Crippen LogP contribution in [0.2, 0.25) is 0 Å². The third-order valence-corrected chi connectivity index (χ3v) is 6.45. The normalized spacial score (nSPS) is 45.1. The van der Waals surface area contributed by atoms with Crippen LogP contribution in [0.15, 0.2) is 0 Å². The SMILES string of the molecule is NCC1CN(C(=O)CC23CC4CC(CC(C4)C2)C3)CCO1. The van der Waals surface area contributed by atoms with Gasteiger partial charge in [-0.1, -0.05) is 0 Å². The summed E-state index contributed by atoms with van der Waals surface area (Å²) in [4.78, 5) is 14.8. The van der Waals surface area contributed by atoms with Crippen LogP contribution in [-0.4, -0.2) is 43.2 Å². The molecule has 5 aliphatic rings. The van der Waals surface area contributed by atoms with Crippen LogP contribution in [-0.2, 0) is 9.53 Å². The van der Waals surface area contributed by atoms with E-state index in [4.69, 9.17) is 10.5 Å². The second-order valence-electron chi connectivity index (χ2n) is 8.16. The van der Waals surface area contributed by atoms with Gasteiger partial charge in [-0.3, -0.25) is 4.79 Å². The van der Waals surface area contributed by atoms with E-state index in [-0.39, 0.29) is 6.10 Å². The van der Waals surface area contributed by atoms with Gasteiger partial charge in [-0.05, 0) is 61.7 Å². The van der Waals surface area contributed by atoms with Crippen molar-refractivity contribution in [1.29, 1.82) is 0 Å². The summed E-state index contributed by atoms with van der Waals surface area (Å²) >= 11 is 0. The van der Waals surface area contributed by atoms with Crippen LogP contribution in [0.4, 0.5) is 0 Å². The molecule has 21 heavy (non-hydrogen) atoms. The van der Waals surface area contributed by atoms with E-state index in [1.165, 1.54) is 38.5 Å². The third-order valence-electron chi connectivity index (χ3n) is 6.45. The summed E-state index contributed by atoms with van der Waals surface area (Å²) in [6.45, 7) is 2.61. The van der Waals surface area contributed by atoms with Crippen LogP contribution in [0.5, 0.6) is 0 Å². The molecule has 0 aromatic carbocycles. The summed E-state index contributed by atoms with van der Waals surface area (Å²) < 4.78 is 5.58. The highest BCUT2D eigenvalue weighted by molar-refractivity contribution is 5.77. The van der Waals surface area contributed by atoms with Gasteiger partial charge in [0, 0.05) is 26.1 Å². The zero-order valence-electron chi connectivity index (χ0n) is 12.9. The number of carbonyl (C=O) groups excluding carboxylic acids is 1. The monoisotopic (exact) mass is 292 g/mol. The fourth-order valence-electron chi connectivity index (χ4n) is 6.03. The second kappa shape index (κ2) is 5.24. The van der Waals surface area contributed by atoms with Crippen molar-refractivity contribution in [1.82, 2.24) is 4.90 Å². The van der Waals surface area contributed by atoms with Crippen molar-refractivity contribution in [2.24, 2.45) is 28.9 Å². The van der Waals surface area contributed by atoms with E-state index < -0.39 is 0 Å². The molecule has 1 saturated heterocycles. The molecule has 1 atom stereocenters. The van der Waals surface area contributed by atoms with Crippen LogP contribution in [0.3, 0.4) is 0 Å². The van der Waals surface area contributed by atoms with E-state index >= 15 is 0 Å². The maximum Gasteiger partial charge on any atom is 0.223 e. The quantitative estimate of drug-likeness (QED) is 0.862. The average molecular weight is 292 g/mol. The molecule has 1 heterocycles. The predicted molar refractivity (Wildman–Crippen MR) is 80.6 cm³/mol. The van der Waals surface area contributed by atoms with Gasteiger partial charge in [-0.25, -0.2) is 0 Å². The predicted octanol–water partition coefficient (Wildman–Crippen LogP) is 1.78. The number of carbonyl (C=O) groups is 1. The largest absolute Gasteiger partial charge is 0.373 e. The summed E-state index contributed by atoms with van der Waals surface area (Å²) in [5, 5.41) is 0. The number of hydrogen-bond donors (Lipinski definition) is 1. The lowest BCUT2D eigenvalue weighted by atomic mass is 9.49. The minimum absolute atomic E-state index is 0.0408. The molecule has 0 spiro atoms. The lowest BCUT2D eigenvalue weighted by Gasteiger charge is -2.57. The van der Waals surface area contributed by atoms with Crippen LogP contribution in [0, 0.1) is 23.2 Å². The van der Waals surface area contributed by atoms with Gasteiger partial charge in [0.15, 0.2) is 0 Å². The van der Waals surface area contributed by atoms with Crippen molar-refractivity contribution in [3.63, 3.8) is 0 Å². The van der Waals surface area contributed by atoms with Crippen LogP contribution in [0.1, 0.15) is 44.9 Å². The Morgan fingerprint density at radius 1 is 1.14 bits per heavy atom. The van der Waals surface area contributed by atoms with Gasteiger partial charge in [0.05, 0.1) is 12.7 Å². The molecule has 0 radical (unpaired) electrons. The van der Waals surface area contributed by atoms with Crippen molar-refractivity contribution in [2.45, 2.75) is 51.0 Å². The first-order valence-electron chi connectivity index (χ1n) is 8.75. The number of hydrogen-bond acceptors (Lipinski definition) is 3. The molecular weight excluding hydrogens is 264 g/mol. The van der Waals surface area contributed by atoms with Crippen LogP contribution < -0.4 is 5.73 Å². The molecular formula is C17H28N2O2. The number of nitrogens with two attached hydrogens (primary N) is 1. The molecule has 118 valence electrons. The third kappa shape index (κ3) is 2.61. The molecule has 1 unspecified atom stereocenters. The van der Waals surface area contributed by atoms with E-state index in [1.807, 2.05) is 4.90 Å². The second-order valence-corrected chi connectivity index (χ2v) is 8.16. The zero-order chi connectivity index (χ0) is 14.4. The molecule has 4 nitrogen and oxygen atoms in total. The molecule has 5 rings (SSSR count). The molecule has 0 aromatic heterocycles. The molecule has 2 N–H and O–H groups in total. The Labute approximate surface area is 127 Å². The van der Waals surface area contributed by atoms with E-state index in [9.17, 15) is 4.79 Å². The van der Waals surface area contributed by atoms with Gasteiger partial charge in [0.2, 0.25) is 5.91 Å². The van der Waals surface area contributed by atoms with Crippen molar-refractivity contribution >= 4 is 5.91 Å². The number of rotatable bonds is 3. The Morgan fingerprint density at radius 3 is 2.33 bits per heavy atom. The average Bonchev–Trinajstić information content (AvgIpc) is 2.45. The first-order valence-corrected chi connectivity index (χ1v) is 8.75. The van der Waals surface area contributed by atoms with Gasteiger partial charge in [0.1, 0.15) is 0 Å². The van der Waals surface area contributed by atoms with E-state index in [0.717, 1.165) is 30.7 Å². The number of nitrogens with zero attached hydrogens (tertiary/aromatic N) is 1. The summed E-state index contributed by atoms with van der Waals surface area (Å²) in [7, 11) is 0. The standard InChI is InChI=1S/C17H28N2O2/c18-10-15-11-19(1-2-21-15)16(20)9-17-6-12-3-13(7-17)5-14(4-12)8-17/h12-15H,1-11,18H2. The van der Waals surface area contributed by atoms with Crippen LogP contribution in [0.25, 0.3) is 0 Å². The van der Waals surface area contributed by atoms with Crippen LogP contribution >= 0.6 is 0 Å². The minimum Gasteiger partial charge on any atom is -0.373 e. The summed E-state index contributed by atoms with van der Waals surface area (Å²) in [6, 6.07) is 0. The number of amides is 1. The lowest BCUT2D eigenvalue weighted by Crippen LogP contribution is -2.52. The fourth-order valence-corrected chi connectivity index (χ4v) is 6.03. The maximum absolute atomic E-state index is 12.8. The Kier molecular flexibility index (Phi) is 3.49. The van der Waals surface area contributed by atoms with Crippen molar-refractivity contribution in [3.8, 4) is 0 Å². The van der Waals surface area contributed by atoms with E-state index in [0.29, 0.717) is 31.0 Å². The Balaban J connectivity index is 1.42. The smallest absolute Gasteiger partial charge is 0.223 e. The molecule has 1 aliphatic heterocycles. The van der Waals surface area contributed by atoms with Gasteiger partial charge in [-0.15, -0.1) is 0 Å². The van der Waals surface area contributed by atoms with Gasteiger partial charge in [0.25, 0.3) is 0 Å². The van der Waals surface area contributed by atoms with Gasteiger partial charge >= 0.3 is 0 Å². The highest BCUT2D eigenvalue weighted by Gasteiger charge is 2.51. The van der Waals surface area contributed by atoms with Gasteiger partial charge < -0.3 is 15.4 Å². The van der Waals surface area contributed by atoms with E-state index in [1.54, 1.807) is 0 Å². The van der Waals surface area contributed by atoms with Gasteiger partial charge in [-0.2, -0.15) is 0 Å².